The summed E-state index contributed by atoms with van der Waals surface area (Å²) in [7, 11) is 0. The first-order valence-electron chi connectivity index (χ1n) is 7.78. The van der Waals surface area contributed by atoms with Gasteiger partial charge in [0.05, 0.1) is 12.6 Å². The van der Waals surface area contributed by atoms with Crippen LogP contribution in [0.1, 0.15) is 24.5 Å². The average Bonchev–Trinajstić information content (AvgIpc) is 2.61. The molecule has 128 valence electrons. The van der Waals surface area contributed by atoms with Crippen LogP contribution < -0.4 is 5.32 Å². The van der Waals surface area contributed by atoms with Crippen LogP contribution in [0, 0.1) is 0 Å². The molecule has 24 heavy (non-hydrogen) atoms. The van der Waals surface area contributed by atoms with Gasteiger partial charge in [0.1, 0.15) is 0 Å². The summed E-state index contributed by atoms with van der Waals surface area (Å²) in [6.45, 7) is 1.49. The summed E-state index contributed by atoms with van der Waals surface area (Å²) >= 11 is 5.96. The summed E-state index contributed by atoms with van der Waals surface area (Å²) in [5.41, 5.74) is -0.334. The van der Waals surface area contributed by atoms with Crippen LogP contribution >= 0.6 is 11.6 Å². The third kappa shape index (κ3) is 4.32. The minimum atomic E-state index is -1.70. The zero-order valence-corrected chi connectivity index (χ0v) is 14.2. The van der Waals surface area contributed by atoms with Gasteiger partial charge in [-0.25, -0.2) is 0 Å². The number of amides is 1. The van der Waals surface area contributed by atoms with E-state index in [2.05, 4.69) is 10.3 Å². The smallest absolute Gasteiger partial charge is 0.256 e. The molecule has 0 spiro atoms. The molecule has 5 nitrogen and oxygen atoms in total. The van der Waals surface area contributed by atoms with Gasteiger partial charge in [-0.3, -0.25) is 9.78 Å². The van der Waals surface area contributed by atoms with Crippen molar-refractivity contribution in [2.75, 3.05) is 6.61 Å². The molecule has 3 N–H and O–H groups in total. The Kier molecular flexibility index (Phi) is 6.31. The van der Waals surface area contributed by atoms with E-state index < -0.39 is 17.6 Å². The van der Waals surface area contributed by atoms with Crippen molar-refractivity contribution in [1.29, 1.82) is 0 Å². The Morgan fingerprint density at radius 3 is 2.62 bits per heavy atom. The van der Waals surface area contributed by atoms with Crippen molar-refractivity contribution in [1.82, 2.24) is 10.3 Å². The Balaban J connectivity index is 2.15. The number of aromatic nitrogens is 1. The molecule has 0 saturated carbocycles. The minimum absolute atomic E-state index is 0.187. The fourth-order valence-corrected chi connectivity index (χ4v) is 2.70. The van der Waals surface area contributed by atoms with Crippen molar-refractivity contribution >= 4 is 17.5 Å². The van der Waals surface area contributed by atoms with E-state index in [1.807, 2.05) is 12.1 Å². The molecule has 2 rings (SSSR count). The molecule has 2 aromatic rings. The molecule has 6 heteroatoms. The third-order valence-electron chi connectivity index (χ3n) is 3.98. The van der Waals surface area contributed by atoms with E-state index in [0.717, 1.165) is 5.56 Å². The maximum atomic E-state index is 12.6. The van der Waals surface area contributed by atoms with E-state index in [4.69, 9.17) is 11.6 Å². The molecule has 1 heterocycles. The third-order valence-corrected chi connectivity index (χ3v) is 4.21. The summed E-state index contributed by atoms with van der Waals surface area (Å²) < 4.78 is 0. The number of halogens is 1. The Bertz CT molecular complexity index is 681. The second-order valence-electron chi connectivity index (χ2n) is 5.64. The lowest BCUT2D eigenvalue weighted by Crippen LogP contribution is -2.49. The van der Waals surface area contributed by atoms with E-state index in [0.29, 0.717) is 17.0 Å². The van der Waals surface area contributed by atoms with Gasteiger partial charge in [0.2, 0.25) is 0 Å². The maximum Gasteiger partial charge on any atom is 0.256 e. The van der Waals surface area contributed by atoms with Crippen LogP contribution in [0.25, 0.3) is 0 Å². The molecule has 0 saturated heterocycles. The molecule has 0 bridgehead atoms. The Hall–Kier alpha value is -1.95. The summed E-state index contributed by atoms with van der Waals surface area (Å²) in [5, 5.41) is 23.6. The summed E-state index contributed by atoms with van der Waals surface area (Å²) in [6.07, 6.45) is 3.94. The van der Waals surface area contributed by atoms with Crippen molar-refractivity contribution in [3.63, 3.8) is 0 Å². The minimum Gasteiger partial charge on any atom is -0.394 e. The fourth-order valence-electron chi connectivity index (χ4n) is 2.51. The number of pyridine rings is 1. The number of benzene rings is 1. The van der Waals surface area contributed by atoms with Gasteiger partial charge in [-0.1, -0.05) is 30.7 Å². The molecular weight excluding hydrogens is 328 g/mol. The highest BCUT2D eigenvalue weighted by atomic mass is 35.5. The molecule has 0 unspecified atom stereocenters. The summed E-state index contributed by atoms with van der Waals surface area (Å²) in [6, 6.07) is 9.73. The lowest BCUT2D eigenvalue weighted by atomic mass is 9.89. The number of hydrogen-bond donors (Lipinski definition) is 3. The largest absolute Gasteiger partial charge is 0.394 e. The van der Waals surface area contributed by atoms with Gasteiger partial charge in [0, 0.05) is 17.4 Å². The van der Waals surface area contributed by atoms with Crippen molar-refractivity contribution < 1.29 is 15.0 Å². The van der Waals surface area contributed by atoms with E-state index in [9.17, 15) is 15.0 Å². The van der Waals surface area contributed by atoms with Crippen LogP contribution in [-0.2, 0) is 16.8 Å². The van der Waals surface area contributed by atoms with E-state index in [1.165, 1.54) is 0 Å². The number of rotatable bonds is 7. The molecule has 0 aliphatic carbocycles. The molecule has 1 aromatic heterocycles. The first-order valence-corrected chi connectivity index (χ1v) is 8.16. The highest BCUT2D eigenvalue weighted by Crippen LogP contribution is 2.27. The van der Waals surface area contributed by atoms with Crippen LogP contribution in [0.15, 0.2) is 48.8 Å². The molecule has 1 amide bonds. The van der Waals surface area contributed by atoms with Crippen LogP contribution in [0.2, 0.25) is 5.02 Å². The van der Waals surface area contributed by atoms with Gasteiger partial charge >= 0.3 is 0 Å². The average molecular weight is 349 g/mol. The molecule has 0 fully saturated rings. The van der Waals surface area contributed by atoms with Gasteiger partial charge in [0.25, 0.3) is 5.91 Å². The lowest BCUT2D eigenvalue weighted by molar-refractivity contribution is -0.142. The monoisotopic (exact) mass is 348 g/mol. The van der Waals surface area contributed by atoms with Gasteiger partial charge in [0.15, 0.2) is 5.60 Å². The zero-order chi connectivity index (χ0) is 17.6. The van der Waals surface area contributed by atoms with Crippen molar-refractivity contribution in [2.45, 2.75) is 31.4 Å². The predicted molar refractivity (Wildman–Crippen MR) is 92.6 cm³/mol. The van der Waals surface area contributed by atoms with E-state index in [-0.39, 0.29) is 13.0 Å². The molecule has 0 aliphatic rings. The molecular formula is C18H21ClN2O3. The first kappa shape index (κ1) is 18.4. The molecule has 0 radical (unpaired) electrons. The van der Waals surface area contributed by atoms with Crippen molar-refractivity contribution in [2.24, 2.45) is 0 Å². The van der Waals surface area contributed by atoms with Crippen molar-refractivity contribution in [3.05, 3.63) is 64.9 Å². The number of hydrogen-bond acceptors (Lipinski definition) is 4. The van der Waals surface area contributed by atoms with Gasteiger partial charge in [-0.15, -0.1) is 0 Å². The zero-order valence-electron chi connectivity index (χ0n) is 13.4. The van der Waals surface area contributed by atoms with Gasteiger partial charge in [-0.2, -0.15) is 0 Å². The normalized spacial score (nSPS) is 14.7. The topological polar surface area (TPSA) is 82.5 Å². The second-order valence-corrected chi connectivity index (χ2v) is 6.07. The van der Waals surface area contributed by atoms with Gasteiger partial charge in [-0.05, 0) is 48.2 Å². The number of nitrogens with zero attached hydrogens (tertiary/aromatic N) is 1. The number of nitrogens with one attached hydrogen (secondary N) is 1. The SMILES string of the molecule is CC[C@](O)(C(=O)N[C@H](CO)Cc1ccncc1)c1cccc(Cl)c1. The molecule has 0 aliphatic heterocycles. The van der Waals surface area contributed by atoms with Crippen LogP contribution in [0.4, 0.5) is 0 Å². The first-order chi connectivity index (χ1) is 11.5. The fraction of sp³-hybridized carbons (Fsp3) is 0.333. The standard InChI is InChI=1S/C18H21ClN2O3/c1-2-18(24,14-4-3-5-15(19)11-14)17(23)21-16(12-22)10-13-6-8-20-9-7-13/h3-9,11,16,22,24H,2,10,12H2,1H3,(H,21,23)/t16-,18+/m0/s1. The number of carbonyl (C=O) groups is 1. The van der Waals surface area contributed by atoms with Gasteiger partial charge < -0.3 is 15.5 Å². The number of carbonyl (C=O) groups excluding carboxylic acids is 1. The van der Waals surface area contributed by atoms with Crippen LogP contribution in [0.3, 0.4) is 0 Å². The maximum absolute atomic E-state index is 12.6. The molecule has 1 aromatic carbocycles. The molecule has 2 atom stereocenters. The van der Waals surface area contributed by atoms with E-state index in [1.54, 1.807) is 43.6 Å². The van der Waals surface area contributed by atoms with E-state index >= 15 is 0 Å². The number of aliphatic hydroxyl groups is 2. The highest BCUT2D eigenvalue weighted by Gasteiger charge is 2.37. The Labute approximate surface area is 146 Å². The predicted octanol–water partition coefficient (Wildman–Crippen LogP) is 2.05. The summed E-state index contributed by atoms with van der Waals surface area (Å²) in [5.74, 6) is -0.555. The van der Waals surface area contributed by atoms with Crippen LogP contribution in [-0.4, -0.2) is 33.8 Å². The Morgan fingerprint density at radius 1 is 1.33 bits per heavy atom. The number of aliphatic hydroxyl groups excluding tert-OH is 1. The Morgan fingerprint density at radius 2 is 2.04 bits per heavy atom. The lowest BCUT2D eigenvalue weighted by Gasteiger charge is -2.28. The quantitative estimate of drug-likeness (QED) is 0.715. The summed E-state index contributed by atoms with van der Waals surface area (Å²) in [4.78, 5) is 16.6. The second kappa shape index (κ2) is 8.24. The van der Waals surface area contributed by atoms with Crippen molar-refractivity contribution in [3.8, 4) is 0 Å². The van der Waals surface area contributed by atoms with Crippen LogP contribution in [0.5, 0.6) is 0 Å². The highest BCUT2D eigenvalue weighted by molar-refractivity contribution is 6.30.